The minimum Gasteiger partial charge on any atom is -0.267 e. The van der Waals surface area contributed by atoms with E-state index in [1.54, 1.807) is 10.8 Å². The highest BCUT2D eigenvalue weighted by molar-refractivity contribution is 5.97. The fraction of sp³-hybridized carbons (Fsp3) is 0.333. The Kier molecular flexibility index (Phi) is 5.72. The van der Waals surface area contributed by atoms with E-state index in [4.69, 9.17) is 5.10 Å². The number of rotatable bonds is 4. The number of hydrogen-bond acceptors (Lipinski definition) is 2. The van der Waals surface area contributed by atoms with Crippen LogP contribution in [0.3, 0.4) is 0 Å². The maximum Gasteiger partial charge on any atom is 0.271 e. The summed E-state index contributed by atoms with van der Waals surface area (Å²) in [5, 5.41) is 4.91. The molecule has 0 amide bonds. The number of carbonyl (C=O) groups excluding carboxylic acids is 1. The van der Waals surface area contributed by atoms with Crippen molar-refractivity contribution < 1.29 is 4.79 Å². The first-order valence-electron chi connectivity index (χ1n) is 10.9. The highest BCUT2D eigenvalue weighted by Crippen LogP contribution is 2.46. The van der Waals surface area contributed by atoms with Crippen molar-refractivity contribution in [2.45, 2.75) is 52.4 Å². The van der Waals surface area contributed by atoms with Gasteiger partial charge in [-0.05, 0) is 42.7 Å². The molecule has 0 spiro atoms. The van der Waals surface area contributed by atoms with Gasteiger partial charge in [-0.15, -0.1) is 0 Å². The lowest BCUT2D eigenvalue weighted by Crippen LogP contribution is -2.23. The van der Waals surface area contributed by atoms with Crippen LogP contribution in [0, 0.1) is 5.92 Å². The van der Waals surface area contributed by atoms with Crippen molar-refractivity contribution >= 4 is 11.5 Å². The molecule has 0 bridgehead atoms. The molecule has 1 aromatic heterocycles. The first-order valence-corrected chi connectivity index (χ1v) is 10.9. The molecule has 30 heavy (non-hydrogen) atoms. The van der Waals surface area contributed by atoms with E-state index in [0.717, 1.165) is 40.9 Å². The summed E-state index contributed by atoms with van der Waals surface area (Å²) in [6.07, 6.45) is 3.96. The number of benzene rings is 2. The zero-order valence-corrected chi connectivity index (χ0v) is 18.3. The van der Waals surface area contributed by atoms with Crippen molar-refractivity contribution in [1.82, 2.24) is 9.78 Å². The Morgan fingerprint density at radius 2 is 1.67 bits per heavy atom. The topological polar surface area (TPSA) is 34.9 Å². The van der Waals surface area contributed by atoms with Gasteiger partial charge in [-0.2, -0.15) is 5.10 Å². The lowest BCUT2D eigenvalue weighted by atomic mass is 9.75. The summed E-state index contributed by atoms with van der Waals surface area (Å²) in [5.41, 5.74) is 6.43. The summed E-state index contributed by atoms with van der Waals surface area (Å²) in [7, 11) is 0. The first-order chi connectivity index (χ1) is 14.5. The third-order valence-corrected chi connectivity index (χ3v) is 6.34. The summed E-state index contributed by atoms with van der Waals surface area (Å²) in [6.45, 7) is 8.76. The summed E-state index contributed by atoms with van der Waals surface area (Å²) in [5.74, 6) is 1.14. The van der Waals surface area contributed by atoms with Crippen molar-refractivity contribution in [3.63, 3.8) is 0 Å². The van der Waals surface area contributed by atoms with Crippen LogP contribution in [0.5, 0.6) is 0 Å². The van der Waals surface area contributed by atoms with Crippen LogP contribution in [-0.2, 0) is 0 Å². The van der Waals surface area contributed by atoms with Crippen LogP contribution in [0.2, 0.25) is 0 Å². The fourth-order valence-corrected chi connectivity index (χ4v) is 4.65. The smallest absolute Gasteiger partial charge is 0.267 e. The van der Waals surface area contributed by atoms with Crippen molar-refractivity contribution in [2.75, 3.05) is 0 Å². The standard InChI is InChI=1S/C27H30N2O/c1-18(2)23-16-15-19(3)25-26(22-13-9-6-10-14-22)28-29(27(23)25)24(30)17-20(4)21-11-7-5-8-12-21/h5-14,17-19,23H,15-16H2,1-4H3/b20-17-/t19-,23+/m0/s1. The molecular formula is C27H30N2O. The van der Waals surface area contributed by atoms with Crippen LogP contribution in [0.25, 0.3) is 16.8 Å². The molecule has 2 aromatic carbocycles. The largest absolute Gasteiger partial charge is 0.271 e. The molecule has 0 N–H and O–H groups in total. The van der Waals surface area contributed by atoms with E-state index in [1.807, 2.05) is 55.5 Å². The van der Waals surface area contributed by atoms with Gasteiger partial charge < -0.3 is 0 Å². The fourth-order valence-electron chi connectivity index (χ4n) is 4.65. The second kappa shape index (κ2) is 8.43. The van der Waals surface area contributed by atoms with Gasteiger partial charge in [0.15, 0.2) is 0 Å². The molecule has 0 aliphatic heterocycles. The molecular weight excluding hydrogens is 368 g/mol. The van der Waals surface area contributed by atoms with Crippen LogP contribution in [0.1, 0.15) is 74.0 Å². The van der Waals surface area contributed by atoms with E-state index in [2.05, 4.69) is 32.9 Å². The molecule has 154 valence electrons. The van der Waals surface area contributed by atoms with E-state index < -0.39 is 0 Å². The average Bonchev–Trinajstić information content (AvgIpc) is 3.16. The Hall–Kier alpha value is -2.94. The van der Waals surface area contributed by atoms with Gasteiger partial charge in [0.05, 0.1) is 11.4 Å². The molecule has 1 aliphatic carbocycles. The Morgan fingerprint density at radius 3 is 2.30 bits per heavy atom. The number of nitrogens with zero attached hydrogens (tertiary/aromatic N) is 2. The van der Waals surface area contributed by atoms with Gasteiger partial charge in [0.25, 0.3) is 5.91 Å². The summed E-state index contributed by atoms with van der Waals surface area (Å²) in [4.78, 5) is 13.4. The minimum atomic E-state index is -0.0606. The highest BCUT2D eigenvalue weighted by Gasteiger charge is 2.35. The number of hydrogen-bond donors (Lipinski definition) is 0. The minimum absolute atomic E-state index is 0.0606. The van der Waals surface area contributed by atoms with Gasteiger partial charge in [-0.25, -0.2) is 4.68 Å². The molecule has 0 fully saturated rings. The Morgan fingerprint density at radius 1 is 1.03 bits per heavy atom. The average molecular weight is 399 g/mol. The van der Waals surface area contributed by atoms with Crippen LogP contribution in [-0.4, -0.2) is 15.7 Å². The Balaban J connectivity index is 1.86. The molecule has 0 saturated carbocycles. The van der Waals surface area contributed by atoms with E-state index in [9.17, 15) is 4.79 Å². The Bertz CT molecular complexity index is 1060. The molecule has 0 unspecified atom stereocenters. The second-order valence-corrected chi connectivity index (χ2v) is 8.79. The summed E-state index contributed by atoms with van der Waals surface area (Å²) in [6, 6.07) is 20.3. The number of fused-ring (bicyclic) bond motifs is 1. The van der Waals surface area contributed by atoms with E-state index >= 15 is 0 Å². The van der Waals surface area contributed by atoms with E-state index in [0.29, 0.717) is 17.8 Å². The highest BCUT2D eigenvalue weighted by atomic mass is 16.2. The molecule has 0 saturated heterocycles. The van der Waals surface area contributed by atoms with Gasteiger partial charge in [0.2, 0.25) is 0 Å². The van der Waals surface area contributed by atoms with E-state index in [-0.39, 0.29) is 5.91 Å². The lowest BCUT2D eigenvalue weighted by Gasteiger charge is -2.30. The maximum absolute atomic E-state index is 13.4. The van der Waals surface area contributed by atoms with Gasteiger partial charge in [-0.1, -0.05) is 81.4 Å². The van der Waals surface area contributed by atoms with Gasteiger partial charge in [0, 0.05) is 23.1 Å². The van der Waals surface area contributed by atoms with Crippen LogP contribution >= 0.6 is 0 Å². The molecule has 4 rings (SSSR count). The number of allylic oxidation sites excluding steroid dienone is 2. The van der Waals surface area contributed by atoms with Gasteiger partial charge >= 0.3 is 0 Å². The maximum atomic E-state index is 13.4. The Labute approximate surface area is 179 Å². The predicted molar refractivity (Wildman–Crippen MR) is 124 cm³/mol. The number of carbonyl (C=O) groups is 1. The van der Waals surface area contributed by atoms with Crippen molar-refractivity contribution in [1.29, 1.82) is 0 Å². The normalized spacial score (nSPS) is 19.0. The third kappa shape index (κ3) is 3.77. The molecule has 2 atom stereocenters. The van der Waals surface area contributed by atoms with Gasteiger partial charge in [-0.3, -0.25) is 4.79 Å². The molecule has 0 radical (unpaired) electrons. The summed E-state index contributed by atoms with van der Waals surface area (Å²) < 4.78 is 1.70. The predicted octanol–water partition coefficient (Wildman–Crippen LogP) is 6.93. The molecule has 3 heteroatoms. The second-order valence-electron chi connectivity index (χ2n) is 8.79. The van der Waals surface area contributed by atoms with E-state index in [1.165, 1.54) is 5.56 Å². The van der Waals surface area contributed by atoms with Crippen molar-refractivity contribution in [3.8, 4) is 11.3 Å². The molecule has 1 aliphatic rings. The van der Waals surface area contributed by atoms with Gasteiger partial charge in [0.1, 0.15) is 0 Å². The quantitative estimate of drug-likeness (QED) is 0.447. The lowest BCUT2D eigenvalue weighted by molar-refractivity contribution is 0.0947. The first kappa shape index (κ1) is 20.3. The van der Waals surface area contributed by atoms with Crippen LogP contribution in [0.4, 0.5) is 0 Å². The van der Waals surface area contributed by atoms with Crippen LogP contribution < -0.4 is 0 Å². The molecule has 3 nitrogen and oxygen atoms in total. The molecule has 3 aromatic rings. The number of aromatic nitrogens is 2. The zero-order valence-electron chi connectivity index (χ0n) is 18.3. The van der Waals surface area contributed by atoms with Crippen LogP contribution in [0.15, 0.2) is 66.7 Å². The zero-order chi connectivity index (χ0) is 21.3. The third-order valence-electron chi connectivity index (χ3n) is 6.34. The van der Waals surface area contributed by atoms with Crippen molar-refractivity contribution in [3.05, 3.63) is 83.6 Å². The monoisotopic (exact) mass is 398 g/mol. The molecule has 1 heterocycles. The SMILES string of the molecule is C/C(=C/C(=O)n1nc(-c2ccccc2)c2c1[C@@H](C(C)C)CC[C@@H]2C)c1ccccc1. The summed E-state index contributed by atoms with van der Waals surface area (Å²) >= 11 is 0. The van der Waals surface area contributed by atoms with Crippen molar-refractivity contribution in [2.24, 2.45) is 5.92 Å².